The Morgan fingerprint density at radius 1 is 1.24 bits per heavy atom. The maximum atomic E-state index is 11.8. The summed E-state index contributed by atoms with van der Waals surface area (Å²) in [5.74, 6) is 0.220. The summed E-state index contributed by atoms with van der Waals surface area (Å²) in [6.07, 6.45) is 0. The fraction of sp³-hybridized carbons (Fsp3) is 0.500. The molecule has 1 rings (SSSR count). The second kappa shape index (κ2) is 6.14. The zero-order valence-electron chi connectivity index (χ0n) is 10.3. The molecule has 0 radical (unpaired) electrons. The van der Waals surface area contributed by atoms with Gasteiger partial charge in [-0.05, 0) is 11.5 Å². The van der Waals surface area contributed by atoms with E-state index in [1.165, 1.54) is 0 Å². The van der Waals surface area contributed by atoms with E-state index in [1.807, 2.05) is 44.2 Å². The van der Waals surface area contributed by atoms with Crippen LogP contribution in [0.25, 0.3) is 0 Å². The van der Waals surface area contributed by atoms with Gasteiger partial charge in [-0.1, -0.05) is 44.2 Å². The van der Waals surface area contributed by atoms with E-state index in [0.29, 0.717) is 0 Å². The number of benzene rings is 1. The van der Waals surface area contributed by atoms with Gasteiger partial charge >= 0.3 is 0 Å². The summed E-state index contributed by atoms with van der Waals surface area (Å²) in [7, 11) is -3.27. The van der Waals surface area contributed by atoms with Crippen LogP contribution in [0.5, 0.6) is 0 Å². The molecule has 0 aliphatic carbocycles. The second-order valence-electron chi connectivity index (χ2n) is 4.49. The lowest BCUT2D eigenvalue weighted by Gasteiger charge is -2.18. The van der Waals surface area contributed by atoms with Gasteiger partial charge in [0, 0.05) is 6.54 Å². The predicted octanol–water partition coefficient (Wildman–Crippen LogP) is 1.26. The first-order valence-electron chi connectivity index (χ1n) is 5.69. The highest BCUT2D eigenvalue weighted by Gasteiger charge is 2.19. The summed E-state index contributed by atoms with van der Waals surface area (Å²) in [5, 5.41) is 0. The SMILES string of the molecule is CC(C)CS(=O)(=O)NC(CN)c1ccccc1. The first kappa shape index (κ1) is 14.2. The Labute approximate surface area is 103 Å². The summed E-state index contributed by atoms with van der Waals surface area (Å²) in [5.41, 5.74) is 6.51. The summed E-state index contributed by atoms with van der Waals surface area (Å²) in [6.45, 7) is 4.00. The Kier molecular flexibility index (Phi) is 5.11. The molecule has 0 bridgehead atoms. The van der Waals surface area contributed by atoms with Crippen molar-refractivity contribution in [3.63, 3.8) is 0 Å². The van der Waals surface area contributed by atoms with Crippen molar-refractivity contribution < 1.29 is 8.42 Å². The monoisotopic (exact) mass is 256 g/mol. The average Bonchev–Trinajstić information content (AvgIpc) is 2.25. The first-order chi connectivity index (χ1) is 7.94. The van der Waals surface area contributed by atoms with Crippen LogP contribution in [-0.2, 0) is 10.0 Å². The first-order valence-corrected chi connectivity index (χ1v) is 7.35. The third-order valence-corrected chi connectivity index (χ3v) is 4.06. The van der Waals surface area contributed by atoms with Gasteiger partial charge in [0.25, 0.3) is 0 Å². The molecule has 4 nitrogen and oxygen atoms in total. The fourth-order valence-corrected chi connectivity index (χ4v) is 3.28. The smallest absolute Gasteiger partial charge is 0.212 e. The lowest BCUT2D eigenvalue weighted by molar-refractivity contribution is 0.547. The van der Waals surface area contributed by atoms with Crippen molar-refractivity contribution >= 4 is 10.0 Å². The molecule has 0 aromatic heterocycles. The lowest BCUT2D eigenvalue weighted by Crippen LogP contribution is -2.36. The highest BCUT2D eigenvalue weighted by atomic mass is 32.2. The van der Waals surface area contributed by atoms with Crippen LogP contribution < -0.4 is 10.5 Å². The van der Waals surface area contributed by atoms with Crippen LogP contribution in [-0.4, -0.2) is 20.7 Å². The third-order valence-electron chi connectivity index (χ3n) is 2.31. The minimum absolute atomic E-state index is 0.0988. The maximum absolute atomic E-state index is 11.8. The standard InChI is InChI=1S/C12H20N2O2S/c1-10(2)9-17(15,16)14-12(8-13)11-6-4-3-5-7-11/h3-7,10,12,14H,8-9,13H2,1-2H3. The molecule has 1 atom stereocenters. The number of rotatable bonds is 6. The number of sulfonamides is 1. The van der Waals surface area contributed by atoms with E-state index in [2.05, 4.69) is 4.72 Å². The highest BCUT2D eigenvalue weighted by Crippen LogP contribution is 2.13. The summed E-state index contributed by atoms with van der Waals surface area (Å²) < 4.78 is 26.3. The van der Waals surface area contributed by atoms with E-state index in [9.17, 15) is 8.42 Å². The fourth-order valence-electron chi connectivity index (χ4n) is 1.64. The van der Waals surface area contributed by atoms with Crippen LogP contribution in [0.1, 0.15) is 25.5 Å². The van der Waals surface area contributed by atoms with E-state index in [0.717, 1.165) is 5.56 Å². The molecule has 0 aliphatic heterocycles. The molecule has 96 valence electrons. The Hall–Kier alpha value is -0.910. The minimum atomic E-state index is -3.27. The molecule has 3 N–H and O–H groups in total. The number of hydrogen-bond acceptors (Lipinski definition) is 3. The van der Waals surface area contributed by atoms with E-state index >= 15 is 0 Å². The van der Waals surface area contributed by atoms with Crippen molar-refractivity contribution in [3.05, 3.63) is 35.9 Å². The van der Waals surface area contributed by atoms with Crippen LogP contribution in [0.3, 0.4) is 0 Å². The highest BCUT2D eigenvalue weighted by molar-refractivity contribution is 7.89. The molecule has 0 heterocycles. The van der Waals surface area contributed by atoms with Gasteiger partial charge in [-0.2, -0.15) is 0 Å². The van der Waals surface area contributed by atoms with Crippen LogP contribution in [0, 0.1) is 5.92 Å². The Morgan fingerprint density at radius 3 is 2.29 bits per heavy atom. The van der Waals surface area contributed by atoms with Crippen LogP contribution in [0.4, 0.5) is 0 Å². The lowest BCUT2D eigenvalue weighted by atomic mass is 10.1. The molecule has 5 heteroatoms. The van der Waals surface area contributed by atoms with Gasteiger partial charge < -0.3 is 5.73 Å². The van der Waals surface area contributed by atoms with Crippen molar-refractivity contribution in [2.75, 3.05) is 12.3 Å². The van der Waals surface area contributed by atoms with Crippen LogP contribution in [0.15, 0.2) is 30.3 Å². The van der Waals surface area contributed by atoms with Crippen molar-refractivity contribution in [2.24, 2.45) is 11.7 Å². The van der Waals surface area contributed by atoms with E-state index in [1.54, 1.807) is 0 Å². The number of hydrogen-bond donors (Lipinski definition) is 2. The van der Waals surface area contributed by atoms with Gasteiger partial charge in [0.05, 0.1) is 11.8 Å². The van der Waals surface area contributed by atoms with Gasteiger partial charge in [0.1, 0.15) is 0 Å². The second-order valence-corrected chi connectivity index (χ2v) is 6.29. The van der Waals surface area contributed by atoms with E-state index in [4.69, 9.17) is 5.73 Å². The van der Waals surface area contributed by atoms with Gasteiger partial charge in [-0.25, -0.2) is 13.1 Å². The Bertz CT molecular complexity index is 429. The molecule has 1 aromatic carbocycles. The quantitative estimate of drug-likeness (QED) is 0.805. The molecule has 17 heavy (non-hydrogen) atoms. The van der Waals surface area contributed by atoms with Crippen molar-refractivity contribution in [2.45, 2.75) is 19.9 Å². The molecular formula is C12H20N2O2S. The zero-order chi connectivity index (χ0) is 12.9. The minimum Gasteiger partial charge on any atom is -0.329 e. The van der Waals surface area contributed by atoms with Gasteiger partial charge in [-0.3, -0.25) is 0 Å². The molecule has 0 amide bonds. The predicted molar refractivity (Wildman–Crippen MR) is 70.0 cm³/mol. The zero-order valence-corrected chi connectivity index (χ0v) is 11.1. The molecule has 1 unspecified atom stereocenters. The molecule has 1 aromatic rings. The summed E-state index contributed by atoms with van der Waals surface area (Å²) >= 11 is 0. The number of nitrogens with two attached hydrogens (primary N) is 1. The van der Waals surface area contributed by atoms with Crippen molar-refractivity contribution in [3.8, 4) is 0 Å². The molecule has 0 spiro atoms. The molecule has 0 saturated heterocycles. The van der Waals surface area contributed by atoms with Crippen molar-refractivity contribution in [1.29, 1.82) is 0 Å². The normalized spacial score (nSPS) is 13.9. The van der Waals surface area contributed by atoms with Gasteiger partial charge in [-0.15, -0.1) is 0 Å². The number of nitrogens with one attached hydrogen (secondary N) is 1. The van der Waals surface area contributed by atoms with E-state index in [-0.39, 0.29) is 24.3 Å². The van der Waals surface area contributed by atoms with Gasteiger partial charge in [0.2, 0.25) is 10.0 Å². The Balaban J connectivity index is 2.78. The maximum Gasteiger partial charge on any atom is 0.212 e. The van der Waals surface area contributed by atoms with Crippen LogP contribution >= 0.6 is 0 Å². The molecule has 0 fully saturated rings. The average molecular weight is 256 g/mol. The summed E-state index contributed by atoms with van der Waals surface area (Å²) in [4.78, 5) is 0. The largest absolute Gasteiger partial charge is 0.329 e. The van der Waals surface area contributed by atoms with Gasteiger partial charge in [0.15, 0.2) is 0 Å². The van der Waals surface area contributed by atoms with Crippen LogP contribution in [0.2, 0.25) is 0 Å². The van der Waals surface area contributed by atoms with Crippen molar-refractivity contribution in [1.82, 2.24) is 4.72 Å². The third kappa shape index (κ3) is 4.85. The topological polar surface area (TPSA) is 72.2 Å². The van der Waals surface area contributed by atoms with E-state index < -0.39 is 10.0 Å². The summed E-state index contributed by atoms with van der Waals surface area (Å²) in [6, 6.07) is 9.02. The molecular weight excluding hydrogens is 236 g/mol. The Morgan fingerprint density at radius 2 is 1.82 bits per heavy atom. The molecule has 0 saturated carbocycles. The molecule has 0 aliphatic rings.